The van der Waals surface area contributed by atoms with Crippen LogP contribution in [-0.4, -0.2) is 40.8 Å². The van der Waals surface area contributed by atoms with Crippen LogP contribution in [0.3, 0.4) is 0 Å². The predicted octanol–water partition coefficient (Wildman–Crippen LogP) is 3.51. The zero-order chi connectivity index (χ0) is 25.6. The largest absolute Gasteiger partial charge is 0.480 e. The number of benzene rings is 1. The number of amides is 1. The lowest BCUT2D eigenvalue weighted by atomic mass is 10.1. The van der Waals surface area contributed by atoms with E-state index in [1.165, 1.54) is 25.3 Å². The second-order valence-corrected chi connectivity index (χ2v) is 10.2. The number of fused-ring (bicyclic) bond motifs is 9. The van der Waals surface area contributed by atoms with Crippen LogP contribution < -0.4 is 14.8 Å². The second kappa shape index (κ2) is 8.71. The van der Waals surface area contributed by atoms with Crippen LogP contribution in [0.25, 0.3) is 28.0 Å². The molecule has 11 heteroatoms. The summed E-state index contributed by atoms with van der Waals surface area (Å²) < 4.78 is 36.3. The number of nitrogens with zero attached hydrogens (tertiary/aromatic N) is 4. The van der Waals surface area contributed by atoms with Gasteiger partial charge in [0.2, 0.25) is 5.88 Å². The number of hydrogen-bond donors (Lipinski definition) is 2. The van der Waals surface area contributed by atoms with Crippen molar-refractivity contribution in [1.29, 1.82) is 0 Å². The number of nitrogens with one attached hydrogen (secondary N) is 2. The molecular weight excluding hydrogens is 492 g/mol. The third-order valence-corrected chi connectivity index (χ3v) is 7.44. The molecule has 1 aliphatic heterocycles. The summed E-state index contributed by atoms with van der Waals surface area (Å²) in [6.45, 7) is 0.213. The smallest absolute Gasteiger partial charge is 0.262 e. The Morgan fingerprint density at radius 3 is 2.68 bits per heavy atom. The van der Waals surface area contributed by atoms with Crippen LogP contribution in [-0.2, 0) is 16.6 Å². The highest BCUT2D eigenvalue weighted by Gasteiger charge is 2.20. The molecule has 5 heterocycles. The monoisotopic (exact) mass is 512 g/mol. The summed E-state index contributed by atoms with van der Waals surface area (Å²) in [7, 11) is -2.65. The van der Waals surface area contributed by atoms with Crippen molar-refractivity contribution in [3.05, 3.63) is 90.6 Å². The van der Waals surface area contributed by atoms with Gasteiger partial charge in [0.15, 0.2) is 0 Å². The quantitative estimate of drug-likeness (QED) is 0.352. The van der Waals surface area contributed by atoms with Crippen LogP contribution in [0.4, 0.5) is 5.69 Å². The molecule has 0 atom stereocenters. The van der Waals surface area contributed by atoms with E-state index in [0.29, 0.717) is 5.56 Å². The molecule has 0 radical (unpaired) electrons. The Balaban J connectivity index is 1.57. The van der Waals surface area contributed by atoms with Crippen molar-refractivity contribution in [2.24, 2.45) is 0 Å². The lowest BCUT2D eigenvalue weighted by Gasteiger charge is -2.14. The zero-order valence-electron chi connectivity index (χ0n) is 19.5. The molecule has 5 aromatic rings. The Kier molecular flexibility index (Phi) is 5.34. The number of rotatable bonds is 1. The number of pyridine rings is 3. The van der Waals surface area contributed by atoms with Gasteiger partial charge >= 0.3 is 0 Å². The van der Waals surface area contributed by atoms with Crippen molar-refractivity contribution < 1.29 is 17.9 Å². The first-order chi connectivity index (χ1) is 17.9. The van der Waals surface area contributed by atoms with Crippen LogP contribution in [0.15, 0.2) is 84.4 Å². The predicted molar refractivity (Wildman–Crippen MR) is 137 cm³/mol. The molecule has 1 aliphatic rings. The molecule has 4 aromatic heterocycles. The van der Waals surface area contributed by atoms with Gasteiger partial charge in [-0.2, -0.15) is 0 Å². The van der Waals surface area contributed by atoms with E-state index in [-0.39, 0.29) is 28.6 Å². The minimum absolute atomic E-state index is 0.0677. The number of hydrogen-bond acceptors (Lipinski definition) is 7. The van der Waals surface area contributed by atoms with Gasteiger partial charge in [-0.05, 0) is 48.0 Å². The highest BCUT2D eigenvalue weighted by atomic mass is 32.2. The Bertz CT molecular complexity index is 1800. The van der Waals surface area contributed by atoms with E-state index in [0.717, 1.165) is 28.0 Å². The molecule has 0 fully saturated rings. The van der Waals surface area contributed by atoms with E-state index < -0.39 is 15.9 Å². The molecule has 37 heavy (non-hydrogen) atoms. The van der Waals surface area contributed by atoms with Crippen molar-refractivity contribution in [3.63, 3.8) is 0 Å². The van der Waals surface area contributed by atoms with Gasteiger partial charge in [0.25, 0.3) is 15.9 Å². The number of aromatic nitrogens is 4. The van der Waals surface area contributed by atoms with Crippen LogP contribution in [0.1, 0.15) is 15.9 Å². The van der Waals surface area contributed by atoms with Gasteiger partial charge in [-0.3, -0.25) is 18.9 Å². The molecule has 184 valence electrons. The van der Waals surface area contributed by atoms with E-state index in [1.807, 2.05) is 28.8 Å². The van der Waals surface area contributed by atoms with Crippen molar-refractivity contribution in [2.45, 2.75) is 11.4 Å². The minimum Gasteiger partial charge on any atom is -0.480 e. The number of carbonyl (C=O) groups is 1. The Morgan fingerprint density at radius 2 is 1.81 bits per heavy atom. The molecule has 2 N–H and O–H groups in total. The molecule has 0 unspecified atom stereocenters. The van der Waals surface area contributed by atoms with Crippen LogP contribution >= 0.6 is 0 Å². The fraction of sp³-hybridized carbons (Fsp3) is 0.0769. The Morgan fingerprint density at radius 1 is 0.919 bits per heavy atom. The normalized spacial score (nSPS) is 14.4. The SMILES string of the molecule is COc1ncc2cc1NS(=O)(=O)c1cccc(c1)C(=O)NCc1cncc(c1)-c1cnc3ccc-2cn13. The topological polar surface area (TPSA) is 128 Å². The highest BCUT2D eigenvalue weighted by Crippen LogP contribution is 2.31. The molecule has 6 rings (SSSR count). The fourth-order valence-electron chi connectivity index (χ4n) is 4.23. The molecule has 0 spiro atoms. The van der Waals surface area contributed by atoms with E-state index in [2.05, 4.69) is 25.0 Å². The molecule has 1 amide bonds. The summed E-state index contributed by atoms with van der Waals surface area (Å²) in [5.41, 5.74) is 5.00. The Labute approximate surface area is 212 Å². The summed E-state index contributed by atoms with van der Waals surface area (Å²) in [5.74, 6) is -0.299. The lowest BCUT2D eigenvalue weighted by molar-refractivity contribution is 0.0950. The van der Waals surface area contributed by atoms with Crippen molar-refractivity contribution in [2.75, 3.05) is 11.8 Å². The second-order valence-electron chi connectivity index (χ2n) is 8.47. The number of carbonyl (C=O) groups excluding carboxylic acids is 1. The minimum atomic E-state index is -4.06. The average molecular weight is 513 g/mol. The van der Waals surface area contributed by atoms with Gasteiger partial charge in [-0.25, -0.2) is 18.4 Å². The van der Waals surface area contributed by atoms with E-state index in [1.54, 1.807) is 36.9 Å². The number of ether oxygens (including phenoxy) is 1. The standard InChI is InChI=1S/C26H20N6O4S/c1-36-26-22-9-19(13-30-26)18-5-6-24-28-14-23(32(24)15-18)20-7-16(10-27-12-20)11-29-25(33)17-3-2-4-21(8-17)37(34,35)31-22/h2-10,12-15,31H,11H2,1H3,(H,29,33). The third-order valence-electron chi connectivity index (χ3n) is 6.08. The maximum atomic E-state index is 13.3. The van der Waals surface area contributed by atoms with Crippen molar-refractivity contribution >= 4 is 27.3 Å². The average Bonchev–Trinajstić information content (AvgIpc) is 3.35. The van der Waals surface area contributed by atoms with Gasteiger partial charge in [0.1, 0.15) is 11.3 Å². The molecular formula is C26H20N6O4S. The van der Waals surface area contributed by atoms with E-state index >= 15 is 0 Å². The zero-order valence-corrected chi connectivity index (χ0v) is 20.4. The maximum absolute atomic E-state index is 13.3. The molecule has 1 aromatic carbocycles. The summed E-state index contributed by atoms with van der Waals surface area (Å²) in [4.78, 5) is 26.0. The first-order valence-corrected chi connectivity index (χ1v) is 12.8. The van der Waals surface area contributed by atoms with Crippen molar-refractivity contribution in [1.82, 2.24) is 24.7 Å². The summed E-state index contributed by atoms with van der Waals surface area (Å²) in [6.07, 6.45) is 8.69. The first-order valence-electron chi connectivity index (χ1n) is 11.3. The number of methoxy groups -OCH3 is 1. The number of imidazole rings is 1. The van der Waals surface area contributed by atoms with Gasteiger partial charge in [-0.1, -0.05) is 6.07 Å². The van der Waals surface area contributed by atoms with Gasteiger partial charge in [0.05, 0.1) is 23.9 Å². The van der Waals surface area contributed by atoms with Gasteiger partial charge in [0, 0.05) is 53.6 Å². The summed E-state index contributed by atoms with van der Waals surface area (Å²) in [6, 6.07) is 13.2. The molecule has 10 nitrogen and oxygen atoms in total. The fourth-order valence-corrected chi connectivity index (χ4v) is 5.32. The highest BCUT2D eigenvalue weighted by molar-refractivity contribution is 7.92. The number of sulfonamides is 1. The summed E-state index contributed by atoms with van der Waals surface area (Å²) in [5, 5.41) is 2.83. The Hall–Kier alpha value is -4.77. The first kappa shape index (κ1) is 22.7. The third kappa shape index (κ3) is 4.15. The molecule has 0 saturated heterocycles. The van der Waals surface area contributed by atoms with Gasteiger partial charge < -0.3 is 10.1 Å². The van der Waals surface area contributed by atoms with Crippen LogP contribution in [0, 0.1) is 0 Å². The van der Waals surface area contributed by atoms with Crippen LogP contribution in [0.5, 0.6) is 5.88 Å². The van der Waals surface area contributed by atoms with Gasteiger partial charge in [-0.15, -0.1) is 0 Å². The molecule has 0 aliphatic carbocycles. The van der Waals surface area contributed by atoms with E-state index in [9.17, 15) is 13.2 Å². The number of anilines is 1. The summed E-state index contributed by atoms with van der Waals surface area (Å²) >= 11 is 0. The molecule has 0 saturated carbocycles. The van der Waals surface area contributed by atoms with Crippen LogP contribution in [0.2, 0.25) is 0 Å². The van der Waals surface area contributed by atoms with Crippen molar-refractivity contribution in [3.8, 4) is 28.3 Å². The molecule has 8 bridgehead atoms. The lowest BCUT2D eigenvalue weighted by Crippen LogP contribution is -2.23. The maximum Gasteiger partial charge on any atom is 0.262 e. The van der Waals surface area contributed by atoms with E-state index in [4.69, 9.17) is 4.74 Å².